The molecule has 0 amide bonds. The lowest BCUT2D eigenvalue weighted by molar-refractivity contribution is -0.136. The summed E-state index contributed by atoms with van der Waals surface area (Å²) < 4.78 is 15.2. The van der Waals surface area contributed by atoms with Crippen LogP contribution in [-0.4, -0.2) is 20.6 Å². The molecule has 6 heteroatoms. The van der Waals surface area contributed by atoms with Gasteiger partial charge in [0.2, 0.25) is 0 Å². The molecule has 0 aliphatic rings. The van der Waals surface area contributed by atoms with Gasteiger partial charge in [-0.05, 0) is 42.3 Å². The molecule has 4 nitrogen and oxygen atoms in total. The van der Waals surface area contributed by atoms with E-state index >= 15 is 0 Å². The Labute approximate surface area is 137 Å². The van der Waals surface area contributed by atoms with Crippen molar-refractivity contribution in [3.05, 3.63) is 64.2 Å². The summed E-state index contributed by atoms with van der Waals surface area (Å²) in [5.41, 5.74) is 3.11. The number of hydrogen-bond acceptors (Lipinski definition) is 2. The lowest BCUT2D eigenvalue weighted by Crippen LogP contribution is -2.05. The molecule has 0 unspecified atom stereocenters. The van der Waals surface area contributed by atoms with E-state index in [1.165, 1.54) is 6.07 Å². The topological polar surface area (TPSA) is 55.1 Å². The van der Waals surface area contributed by atoms with Crippen LogP contribution in [0, 0.1) is 12.7 Å². The van der Waals surface area contributed by atoms with Crippen LogP contribution in [0.1, 0.15) is 16.8 Å². The molecule has 3 rings (SSSR count). The summed E-state index contributed by atoms with van der Waals surface area (Å²) in [7, 11) is 0. The number of carboxylic acid groups (broad SMARTS) is 1. The van der Waals surface area contributed by atoms with Crippen LogP contribution in [0.3, 0.4) is 0 Å². The van der Waals surface area contributed by atoms with Crippen LogP contribution in [0.25, 0.3) is 11.0 Å². The highest BCUT2D eigenvalue weighted by atomic mass is 35.5. The summed E-state index contributed by atoms with van der Waals surface area (Å²) in [6.45, 7) is 2.31. The minimum atomic E-state index is -0.888. The SMILES string of the molecule is Cc1c(CC(=O)O)c2cccnc2n1Cc1ccc(F)c(Cl)c1. The molecule has 0 saturated carbocycles. The van der Waals surface area contributed by atoms with Crippen molar-refractivity contribution >= 4 is 28.6 Å². The molecule has 0 aliphatic heterocycles. The van der Waals surface area contributed by atoms with Crippen molar-refractivity contribution in [2.24, 2.45) is 0 Å². The monoisotopic (exact) mass is 332 g/mol. The van der Waals surface area contributed by atoms with E-state index in [2.05, 4.69) is 4.98 Å². The van der Waals surface area contributed by atoms with Gasteiger partial charge in [0.25, 0.3) is 0 Å². The van der Waals surface area contributed by atoms with Crippen LogP contribution in [0.5, 0.6) is 0 Å². The van der Waals surface area contributed by atoms with Gasteiger partial charge in [-0.3, -0.25) is 4.79 Å². The number of aliphatic carboxylic acids is 1. The number of carboxylic acids is 1. The highest BCUT2D eigenvalue weighted by Gasteiger charge is 2.17. The van der Waals surface area contributed by atoms with Crippen molar-refractivity contribution in [2.45, 2.75) is 19.9 Å². The molecule has 0 aliphatic carbocycles. The Morgan fingerprint density at radius 2 is 2.17 bits per heavy atom. The summed E-state index contributed by atoms with van der Waals surface area (Å²) in [5.74, 6) is -1.35. The Morgan fingerprint density at radius 3 is 2.87 bits per heavy atom. The Balaban J connectivity index is 2.11. The zero-order valence-corrected chi connectivity index (χ0v) is 13.1. The van der Waals surface area contributed by atoms with Crippen LogP contribution >= 0.6 is 11.6 Å². The summed E-state index contributed by atoms with van der Waals surface area (Å²) >= 11 is 5.83. The molecule has 2 aromatic heterocycles. The van der Waals surface area contributed by atoms with E-state index in [9.17, 15) is 9.18 Å². The zero-order valence-electron chi connectivity index (χ0n) is 12.4. The third-order valence-electron chi connectivity index (χ3n) is 3.86. The maximum atomic E-state index is 13.3. The molecule has 0 bridgehead atoms. The van der Waals surface area contributed by atoms with E-state index in [-0.39, 0.29) is 11.4 Å². The fraction of sp³-hybridized carbons (Fsp3) is 0.176. The second-order valence-electron chi connectivity index (χ2n) is 5.34. The third-order valence-corrected chi connectivity index (χ3v) is 4.15. The Kier molecular flexibility index (Phi) is 4.05. The van der Waals surface area contributed by atoms with Gasteiger partial charge >= 0.3 is 5.97 Å². The molecule has 1 aromatic carbocycles. The molecule has 3 aromatic rings. The minimum Gasteiger partial charge on any atom is -0.481 e. The molecule has 2 heterocycles. The number of rotatable bonds is 4. The molecule has 0 saturated heterocycles. The number of nitrogens with zero attached hydrogens (tertiary/aromatic N) is 2. The average Bonchev–Trinajstić information content (AvgIpc) is 2.76. The first-order valence-corrected chi connectivity index (χ1v) is 7.43. The molecular formula is C17H14ClFN2O2. The Bertz CT molecular complexity index is 905. The standard InChI is InChI=1S/C17H14ClFN2O2/c1-10-13(8-16(22)23)12-3-2-6-20-17(12)21(10)9-11-4-5-15(19)14(18)7-11/h2-7H,8-9H2,1H3,(H,22,23). The van der Waals surface area contributed by atoms with Gasteiger partial charge in [0, 0.05) is 23.8 Å². The molecule has 0 atom stereocenters. The zero-order chi connectivity index (χ0) is 16.6. The first kappa shape index (κ1) is 15.5. The van der Waals surface area contributed by atoms with Crippen molar-refractivity contribution in [3.63, 3.8) is 0 Å². The molecule has 0 fully saturated rings. The van der Waals surface area contributed by atoms with Gasteiger partial charge in [0.1, 0.15) is 11.5 Å². The lowest BCUT2D eigenvalue weighted by atomic mass is 10.1. The van der Waals surface area contributed by atoms with Crippen molar-refractivity contribution in [2.75, 3.05) is 0 Å². The van der Waals surface area contributed by atoms with E-state index in [1.54, 1.807) is 24.4 Å². The van der Waals surface area contributed by atoms with Crippen LogP contribution in [0.4, 0.5) is 4.39 Å². The second-order valence-corrected chi connectivity index (χ2v) is 5.75. The van der Waals surface area contributed by atoms with E-state index in [1.807, 2.05) is 17.6 Å². The maximum Gasteiger partial charge on any atom is 0.307 e. The molecule has 0 radical (unpaired) electrons. The summed E-state index contributed by atoms with van der Waals surface area (Å²) in [6.07, 6.45) is 1.60. The highest BCUT2D eigenvalue weighted by Crippen LogP contribution is 2.26. The first-order valence-electron chi connectivity index (χ1n) is 7.05. The fourth-order valence-corrected chi connectivity index (χ4v) is 2.96. The van der Waals surface area contributed by atoms with E-state index in [0.717, 1.165) is 22.2 Å². The quantitative estimate of drug-likeness (QED) is 0.790. The Morgan fingerprint density at radius 1 is 1.39 bits per heavy atom. The number of carbonyl (C=O) groups is 1. The second kappa shape index (κ2) is 6.01. The van der Waals surface area contributed by atoms with Crippen LogP contribution < -0.4 is 0 Å². The number of fused-ring (bicyclic) bond motifs is 1. The van der Waals surface area contributed by atoms with Crippen LogP contribution in [0.15, 0.2) is 36.5 Å². The van der Waals surface area contributed by atoms with Crippen molar-refractivity contribution < 1.29 is 14.3 Å². The lowest BCUT2D eigenvalue weighted by Gasteiger charge is -2.09. The largest absolute Gasteiger partial charge is 0.481 e. The summed E-state index contributed by atoms with van der Waals surface area (Å²) in [6, 6.07) is 8.20. The molecule has 118 valence electrons. The molecular weight excluding hydrogens is 319 g/mol. The number of benzene rings is 1. The molecule has 0 spiro atoms. The van der Waals surface area contributed by atoms with E-state index < -0.39 is 11.8 Å². The van der Waals surface area contributed by atoms with Gasteiger partial charge in [0.05, 0.1) is 11.4 Å². The van der Waals surface area contributed by atoms with Gasteiger partial charge < -0.3 is 9.67 Å². The van der Waals surface area contributed by atoms with Crippen LogP contribution in [0.2, 0.25) is 5.02 Å². The maximum absolute atomic E-state index is 13.3. The first-order chi connectivity index (χ1) is 11.0. The van der Waals surface area contributed by atoms with E-state index in [4.69, 9.17) is 16.7 Å². The molecule has 1 N–H and O–H groups in total. The van der Waals surface area contributed by atoms with Crippen molar-refractivity contribution in [3.8, 4) is 0 Å². The predicted molar refractivity (Wildman–Crippen MR) is 86.3 cm³/mol. The van der Waals surface area contributed by atoms with E-state index in [0.29, 0.717) is 12.2 Å². The Hall–Kier alpha value is -2.40. The van der Waals surface area contributed by atoms with Gasteiger partial charge in [-0.25, -0.2) is 9.37 Å². The third kappa shape index (κ3) is 2.92. The van der Waals surface area contributed by atoms with Gasteiger partial charge in [-0.2, -0.15) is 0 Å². The van der Waals surface area contributed by atoms with Gasteiger partial charge in [0.15, 0.2) is 0 Å². The smallest absolute Gasteiger partial charge is 0.307 e. The summed E-state index contributed by atoms with van der Waals surface area (Å²) in [5, 5.41) is 10.0. The van der Waals surface area contributed by atoms with Gasteiger partial charge in [-0.1, -0.05) is 17.7 Å². The predicted octanol–water partition coefficient (Wildman–Crippen LogP) is 3.81. The van der Waals surface area contributed by atoms with Crippen molar-refractivity contribution in [1.82, 2.24) is 9.55 Å². The normalized spacial score (nSPS) is 11.1. The number of hydrogen-bond donors (Lipinski definition) is 1. The van der Waals surface area contributed by atoms with Gasteiger partial charge in [-0.15, -0.1) is 0 Å². The number of aromatic nitrogens is 2. The number of pyridine rings is 1. The summed E-state index contributed by atoms with van der Waals surface area (Å²) in [4.78, 5) is 15.5. The number of halogens is 2. The minimum absolute atomic E-state index is 0.0643. The highest BCUT2D eigenvalue weighted by molar-refractivity contribution is 6.30. The molecule has 23 heavy (non-hydrogen) atoms. The van der Waals surface area contributed by atoms with Crippen LogP contribution in [-0.2, 0) is 17.8 Å². The van der Waals surface area contributed by atoms with Crippen molar-refractivity contribution in [1.29, 1.82) is 0 Å². The average molecular weight is 333 g/mol. The fourth-order valence-electron chi connectivity index (χ4n) is 2.75.